The molecule has 0 amide bonds. The number of allylic oxidation sites excluding steroid dienone is 2. The van der Waals surface area contributed by atoms with E-state index in [2.05, 4.69) is 62.4 Å². The molecular formula is C37H30N2O2. The van der Waals surface area contributed by atoms with Gasteiger partial charge in [0.05, 0.1) is 22.5 Å². The molecule has 5 aliphatic rings. The smallest absolute Gasteiger partial charge is 0.235 e. The molecule has 0 saturated carbocycles. The van der Waals surface area contributed by atoms with Crippen LogP contribution in [0.5, 0.6) is 0 Å². The van der Waals surface area contributed by atoms with Crippen molar-refractivity contribution < 1.29 is 9.59 Å². The lowest BCUT2D eigenvalue weighted by Gasteiger charge is -2.32. The Morgan fingerprint density at radius 2 is 1.27 bits per heavy atom. The van der Waals surface area contributed by atoms with Crippen LogP contribution in [-0.4, -0.2) is 21.5 Å². The molecule has 0 saturated heterocycles. The summed E-state index contributed by atoms with van der Waals surface area (Å²) in [5.74, 6) is -0.334. The summed E-state index contributed by atoms with van der Waals surface area (Å²) < 4.78 is 0. The van der Waals surface area contributed by atoms with E-state index in [9.17, 15) is 9.59 Å². The highest BCUT2D eigenvalue weighted by molar-refractivity contribution is 6.52. The van der Waals surface area contributed by atoms with Gasteiger partial charge in [0, 0.05) is 11.1 Å². The molecule has 2 aliphatic heterocycles. The number of carbonyl (C=O) groups excluding carboxylic acids is 2. The third-order valence-corrected chi connectivity index (χ3v) is 9.71. The predicted octanol–water partition coefficient (Wildman–Crippen LogP) is 8.51. The second-order valence-electron chi connectivity index (χ2n) is 12.0. The fourth-order valence-corrected chi connectivity index (χ4v) is 7.35. The summed E-state index contributed by atoms with van der Waals surface area (Å²) in [7, 11) is 0. The van der Waals surface area contributed by atoms with E-state index in [0.29, 0.717) is 34.4 Å². The number of hydrogen-bond acceptors (Lipinski definition) is 4. The number of pyridine rings is 2. The minimum atomic E-state index is -0.515. The van der Waals surface area contributed by atoms with E-state index in [4.69, 9.17) is 9.97 Å². The van der Waals surface area contributed by atoms with Gasteiger partial charge >= 0.3 is 0 Å². The maximum Gasteiger partial charge on any atom is 0.235 e. The van der Waals surface area contributed by atoms with Crippen molar-refractivity contribution in [1.82, 2.24) is 9.97 Å². The van der Waals surface area contributed by atoms with Crippen LogP contribution in [0, 0.1) is 5.92 Å². The zero-order valence-corrected chi connectivity index (χ0v) is 23.3. The van der Waals surface area contributed by atoms with Crippen molar-refractivity contribution in [1.29, 1.82) is 0 Å². The van der Waals surface area contributed by atoms with E-state index in [1.165, 1.54) is 33.4 Å². The molecule has 41 heavy (non-hydrogen) atoms. The number of fused-ring (bicyclic) bond motifs is 1. The van der Waals surface area contributed by atoms with Crippen molar-refractivity contribution in [3.05, 3.63) is 105 Å². The number of rotatable bonds is 0. The Labute approximate surface area is 239 Å². The molecule has 2 unspecified atom stereocenters. The Balaban J connectivity index is 1.48. The normalized spacial score (nSPS) is 21.6. The summed E-state index contributed by atoms with van der Waals surface area (Å²) in [4.78, 5) is 36.5. The average Bonchev–Trinajstić information content (AvgIpc) is 2.98. The van der Waals surface area contributed by atoms with Gasteiger partial charge in [0.1, 0.15) is 11.4 Å². The number of hydrogen-bond donors (Lipinski definition) is 0. The number of aromatic nitrogens is 2. The first kappa shape index (κ1) is 24.4. The number of benzene rings is 2. The summed E-state index contributed by atoms with van der Waals surface area (Å²) in [6.07, 6.45) is 10.2. The van der Waals surface area contributed by atoms with Crippen molar-refractivity contribution >= 4 is 23.7 Å². The van der Waals surface area contributed by atoms with Gasteiger partial charge in [0.25, 0.3) is 0 Å². The van der Waals surface area contributed by atoms with Crippen molar-refractivity contribution in [3.8, 4) is 33.9 Å². The second kappa shape index (κ2) is 9.04. The molecule has 12 bridgehead atoms. The molecule has 200 valence electrons. The number of carbonyl (C=O) groups is 2. The molecule has 4 nitrogen and oxygen atoms in total. The van der Waals surface area contributed by atoms with Crippen LogP contribution in [0.2, 0.25) is 0 Å². The fraction of sp³-hybridized carbons (Fsp3) is 0.243. The largest absolute Gasteiger partial charge is 0.285 e. The second-order valence-corrected chi connectivity index (χ2v) is 12.0. The van der Waals surface area contributed by atoms with E-state index >= 15 is 0 Å². The van der Waals surface area contributed by atoms with Crippen molar-refractivity contribution in [2.24, 2.45) is 5.92 Å². The first-order valence-electron chi connectivity index (χ1n) is 14.7. The molecule has 2 aromatic heterocycles. The van der Waals surface area contributed by atoms with Gasteiger partial charge in [-0.05, 0) is 90.5 Å². The minimum absolute atomic E-state index is 0.308. The molecule has 0 N–H and O–H groups in total. The molecule has 4 heterocycles. The summed E-state index contributed by atoms with van der Waals surface area (Å²) in [6, 6.07) is 20.3. The highest BCUT2D eigenvalue weighted by Crippen LogP contribution is 2.46. The number of Topliss-reactive ketones (excluding diaryl/α,β-unsaturated/α-hetero) is 2. The molecule has 0 fully saturated rings. The number of ketones is 2. The molecule has 4 heteroatoms. The minimum Gasteiger partial charge on any atom is -0.285 e. The van der Waals surface area contributed by atoms with Gasteiger partial charge < -0.3 is 0 Å². The summed E-state index contributed by atoms with van der Waals surface area (Å²) >= 11 is 0. The Hall–Kier alpha value is -4.44. The SMILES string of the molecule is CC1C2=Cc3cccc(c3C1C)-c1ccc3c(n1)-c1nc(ccc1C(=O)C3=O)-c1cccc3c1CCCC/C(=C\3)C2. The zero-order chi connectivity index (χ0) is 27.8. The lowest BCUT2D eigenvalue weighted by atomic mass is 9.72. The maximum atomic E-state index is 13.2. The van der Waals surface area contributed by atoms with Crippen LogP contribution in [0.3, 0.4) is 0 Å². The summed E-state index contributed by atoms with van der Waals surface area (Å²) in [6.45, 7) is 4.68. The van der Waals surface area contributed by atoms with E-state index in [1.54, 1.807) is 12.1 Å². The third-order valence-electron chi connectivity index (χ3n) is 9.71. The van der Waals surface area contributed by atoms with Crippen LogP contribution in [-0.2, 0) is 6.42 Å². The zero-order valence-electron chi connectivity index (χ0n) is 23.3. The summed E-state index contributed by atoms with van der Waals surface area (Å²) in [5, 5.41) is 0. The highest BCUT2D eigenvalue weighted by atomic mass is 16.2. The molecule has 4 aromatic rings. The quantitative estimate of drug-likeness (QED) is 0.212. The average molecular weight is 535 g/mol. The van der Waals surface area contributed by atoms with Crippen LogP contribution in [0.25, 0.3) is 46.1 Å². The van der Waals surface area contributed by atoms with E-state index < -0.39 is 11.6 Å². The molecule has 3 aliphatic carbocycles. The highest BCUT2D eigenvalue weighted by Gasteiger charge is 2.34. The number of nitrogens with zero attached hydrogens (tertiary/aromatic N) is 2. The van der Waals surface area contributed by atoms with Gasteiger partial charge in [0.2, 0.25) is 11.6 Å². The Morgan fingerprint density at radius 3 is 2.00 bits per heavy atom. The maximum absolute atomic E-state index is 13.2. The van der Waals surface area contributed by atoms with Gasteiger partial charge in [-0.3, -0.25) is 9.59 Å². The summed E-state index contributed by atoms with van der Waals surface area (Å²) in [5.41, 5.74) is 13.5. The fourth-order valence-electron chi connectivity index (χ4n) is 7.35. The molecule has 2 atom stereocenters. The van der Waals surface area contributed by atoms with E-state index in [1.807, 2.05) is 12.1 Å². The lowest BCUT2D eigenvalue weighted by molar-refractivity contribution is 0.0814. The molecule has 9 rings (SSSR count). The first-order valence-corrected chi connectivity index (χ1v) is 14.7. The Morgan fingerprint density at radius 1 is 0.634 bits per heavy atom. The standard InChI is InChI=1S/C37H30N2O2/c1-20-21(2)33-24-9-6-12-28(33)32-16-14-30-35(39-32)34-29(36(40)37(30)41)13-15-31(38-34)27-11-5-8-23-17-22(18-25(20)19-24)7-3-4-10-26(23)27/h5-6,8-9,11-17,19-21H,3-4,7,10,18H2,1-2H3/b22-17+. The monoisotopic (exact) mass is 534 g/mol. The predicted molar refractivity (Wildman–Crippen MR) is 163 cm³/mol. The van der Waals surface area contributed by atoms with Crippen LogP contribution in [0.4, 0.5) is 0 Å². The van der Waals surface area contributed by atoms with Crippen LogP contribution in [0.1, 0.15) is 88.4 Å². The molecular weight excluding hydrogens is 504 g/mol. The topological polar surface area (TPSA) is 59.9 Å². The van der Waals surface area contributed by atoms with Crippen LogP contribution < -0.4 is 0 Å². The van der Waals surface area contributed by atoms with Gasteiger partial charge in [0.15, 0.2) is 0 Å². The van der Waals surface area contributed by atoms with Gasteiger partial charge in [-0.25, -0.2) is 9.97 Å². The van der Waals surface area contributed by atoms with Gasteiger partial charge in [-0.15, -0.1) is 0 Å². The van der Waals surface area contributed by atoms with E-state index in [0.717, 1.165) is 54.6 Å². The molecule has 0 radical (unpaired) electrons. The first-order chi connectivity index (χ1) is 20.0. The van der Waals surface area contributed by atoms with Gasteiger partial charge in [-0.2, -0.15) is 0 Å². The lowest BCUT2D eigenvalue weighted by Crippen LogP contribution is -2.23. The van der Waals surface area contributed by atoms with E-state index in [-0.39, 0.29) is 0 Å². The molecule has 0 spiro atoms. The van der Waals surface area contributed by atoms with Crippen LogP contribution in [0.15, 0.2) is 71.8 Å². The van der Waals surface area contributed by atoms with Crippen molar-refractivity contribution in [3.63, 3.8) is 0 Å². The van der Waals surface area contributed by atoms with Gasteiger partial charge in [-0.1, -0.05) is 73.5 Å². The van der Waals surface area contributed by atoms with Crippen molar-refractivity contribution in [2.45, 2.75) is 51.9 Å². The Bertz CT molecular complexity index is 1890. The van der Waals surface area contributed by atoms with Crippen molar-refractivity contribution in [2.75, 3.05) is 0 Å². The third kappa shape index (κ3) is 3.66. The van der Waals surface area contributed by atoms with Crippen LogP contribution >= 0.6 is 0 Å². The Kier molecular flexibility index (Phi) is 5.37. The molecule has 2 aromatic carbocycles.